The highest BCUT2D eigenvalue weighted by Gasteiger charge is 2.30. The lowest BCUT2D eigenvalue weighted by Gasteiger charge is -2.33. The third-order valence-electron chi connectivity index (χ3n) is 5.89. The van der Waals surface area contributed by atoms with Crippen LogP contribution in [0.2, 0.25) is 24.2 Å². The molecule has 0 radical (unpaired) electrons. The maximum Gasteiger partial charge on any atom is 0.331 e. The number of aliphatic carboxylic acids is 1. The molecule has 0 bridgehead atoms. The molecule has 0 aliphatic heterocycles. The normalized spacial score (nSPS) is 11.8. The van der Waals surface area contributed by atoms with E-state index in [4.69, 9.17) is 9.84 Å². The molecule has 0 atom stereocenters. The smallest absolute Gasteiger partial charge is 0.331 e. The zero-order chi connectivity index (χ0) is 21.8. The van der Waals surface area contributed by atoms with E-state index < -0.39 is 20.0 Å². The second kappa shape index (κ2) is 18.9. The number of ether oxygens (including phenoxy) is 1. The van der Waals surface area contributed by atoms with Crippen molar-refractivity contribution in [2.45, 2.75) is 122 Å². The topological polar surface area (TPSA) is 63.6 Å². The highest BCUT2D eigenvalue weighted by atomic mass is 28.3. The average Bonchev–Trinajstić information content (AvgIpc) is 2.69. The van der Waals surface area contributed by atoms with E-state index in [-0.39, 0.29) is 0 Å². The Morgan fingerprint density at radius 1 is 0.690 bits per heavy atom. The van der Waals surface area contributed by atoms with Crippen molar-refractivity contribution >= 4 is 20.0 Å². The van der Waals surface area contributed by atoms with E-state index in [2.05, 4.69) is 20.8 Å². The van der Waals surface area contributed by atoms with Crippen molar-refractivity contribution in [2.24, 2.45) is 0 Å². The predicted molar refractivity (Wildman–Crippen MR) is 125 cm³/mol. The molecule has 0 saturated carbocycles. The Hall–Kier alpha value is -1.10. The standard InChI is InChI=1S/C24H46O4Si/c1-4-7-12-19-29(20-13-8-5-2,21-14-9-6-3)22-15-10-11-18-28-24(27)17-16-23(25)26/h16-17H,4-15,18-22H2,1-3H3,(H,25,26). The van der Waals surface area contributed by atoms with E-state index in [1.165, 1.54) is 88.4 Å². The molecule has 0 unspecified atom stereocenters. The van der Waals surface area contributed by atoms with E-state index in [1.54, 1.807) is 0 Å². The Kier molecular flexibility index (Phi) is 18.2. The molecule has 0 aromatic rings. The van der Waals surface area contributed by atoms with Gasteiger partial charge in [0, 0.05) is 12.2 Å². The Bertz CT molecular complexity index is 422. The minimum absolute atomic E-state index is 0.388. The van der Waals surface area contributed by atoms with Gasteiger partial charge in [0.25, 0.3) is 0 Å². The maximum absolute atomic E-state index is 11.4. The molecule has 29 heavy (non-hydrogen) atoms. The van der Waals surface area contributed by atoms with Gasteiger partial charge < -0.3 is 9.84 Å². The lowest BCUT2D eigenvalue weighted by atomic mass is 10.2. The van der Waals surface area contributed by atoms with Crippen molar-refractivity contribution in [3.05, 3.63) is 12.2 Å². The molecule has 0 rings (SSSR count). The van der Waals surface area contributed by atoms with Gasteiger partial charge in [-0.25, -0.2) is 9.59 Å². The summed E-state index contributed by atoms with van der Waals surface area (Å²) in [5.41, 5.74) is 0. The molecule has 0 fully saturated rings. The van der Waals surface area contributed by atoms with E-state index in [0.717, 1.165) is 25.0 Å². The zero-order valence-electron chi connectivity index (χ0n) is 19.3. The van der Waals surface area contributed by atoms with Crippen molar-refractivity contribution in [1.82, 2.24) is 0 Å². The number of unbranched alkanes of at least 4 members (excludes halogenated alkanes) is 8. The van der Waals surface area contributed by atoms with Gasteiger partial charge in [0.15, 0.2) is 0 Å². The Labute approximate surface area is 180 Å². The fourth-order valence-corrected chi connectivity index (χ4v) is 9.64. The van der Waals surface area contributed by atoms with Crippen molar-refractivity contribution in [1.29, 1.82) is 0 Å². The monoisotopic (exact) mass is 426 g/mol. The Morgan fingerprint density at radius 2 is 1.14 bits per heavy atom. The van der Waals surface area contributed by atoms with Crippen LogP contribution in [0, 0.1) is 0 Å². The maximum atomic E-state index is 11.4. The summed E-state index contributed by atoms with van der Waals surface area (Å²) >= 11 is 0. The first-order chi connectivity index (χ1) is 14.0. The van der Waals surface area contributed by atoms with Gasteiger partial charge in [0.1, 0.15) is 0 Å². The Balaban J connectivity index is 4.49. The zero-order valence-corrected chi connectivity index (χ0v) is 20.3. The van der Waals surface area contributed by atoms with Crippen LogP contribution in [0.5, 0.6) is 0 Å². The molecule has 0 aromatic carbocycles. The summed E-state index contributed by atoms with van der Waals surface area (Å²) in [5.74, 6) is -1.69. The molecule has 0 aliphatic carbocycles. The SMILES string of the molecule is CCCCC[Si](CCCCC)(CCCCC)CCCCCOC(=O)C=CC(=O)O. The predicted octanol–water partition coefficient (Wildman–Crippen LogP) is 7.36. The van der Waals surface area contributed by atoms with Crippen LogP contribution in [-0.2, 0) is 14.3 Å². The molecule has 0 heterocycles. The van der Waals surface area contributed by atoms with Crippen molar-refractivity contribution < 1.29 is 19.4 Å². The highest BCUT2D eigenvalue weighted by Crippen LogP contribution is 2.34. The molecule has 0 saturated heterocycles. The summed E-state index contributed by atoms with van der Waals surface area (Å²) < 4.78 is 5.09. The molecular weight excluding hydrogens is 380 g/mol. The van der Waals surface area contributed by atoms with Gasteiger partial charge in [0.05, 0.1) is 14.7 Å². The van der Waals surface area contributed by atoms with Crippen LogP contribution < -0.4 is 0 Å². The van der Waals surface area contributed by atoms with Crippen LogP contribution in [0.25, 0.3) is 0 Å². The minimum Gasteiger partial charge on any atom is -0.478 e. The van der Waals surface area contributed by atoms with Gasteiger partial charge in [0.2, 0.25) is 0 Å². The number of carbonyl (C=O) groups excluding carboxylic acids is 1. The minimum atomic E-state index is -1.20. The molecule has 170 valence electrons. The Morgan fingerprint density at radius 3 is 1.55 bits per heavy atom. The van der Waals surface area contributed by atoms with E-state index in [1.807, 2.05) is 0 Å². The quantitative estimate of drug-likeness (QED) is 0.0955. The second-order valence-electron chi connectivity index (χ2n) is 8.52. The van der Waals surface area contributed by atoms with E-state index in [0.29, 0.717) is 6.61 Å². The lowest BCUT2D eigenvalue weighted by molar-refractivity contribution is -0.138. The molecule has 0 aliphatic rings. The third kappa shape index (κ3) is 16.4. The van der Waals surface area contributed by atoms with Gasteiger partial charge in [-0.2, -0.15) is 0 Å². The van der Waals surface area contributed by atoms with Crippen LogP contribution in [0.15, 0.2) is 12.2 Å². The number of carbonyl (C=O) groups is 2. The summed E-state index contributed by atoms with van der Waals surface area (Å²) in [6, 6.07) is 5.94. The fourth-order valence-electron chi connectivity index (χ4n) is 4.14. The largest absolute Gasteiger partial charge is 0.478 e. The van der Waals surface area contributed by atoms with E-state index >= 15 is 0 Å². The van der Waals surface area contributed by atoms with Crippen LogP contribution in [0.4, 0.5) is 0 Å². The third-order valence-corrected chi connectivity index (χ3v) is 11.5. The summed E-state index contributed by atoms with van der Waals surface area (Å²) in [6.07, 6.45) is 17.3. The number of carboxylic acids is 1. The molecule has 4 nitrogen and oxygen atoms in total. The number of carboxylic acid groups (broad SMARTS) is 1. The van der Waals surface area contributed by atoms with Gasteiger partial charge in [-0.05, 0) is 6.42 Å². The van der Waals surface area contributed by atoms with Gasteiger partial charge in [-0.15, -0.1) is 0 Å². The summed E-state index contributed by atoms with van der Waals surface area (Å²) in [6.45, 7) is 7.28. The molecule has 1 N–H and O–H groups in total. The van der Waals surface area contributed by atoms with Gasteiger partial charge >= 0.3 is 11.9 Å². The van der Waals surface area contributed by atoms with Crippen molar-refractivity contribution in [2.75, 3.05) is 6.61 Å². The van der Waals surface area contributed by atoms with E-state index in [9.17, 15) is 9.59 Å². The lowest BCUT2D eigenvalue weighted by Crippen LogP contribution is -2.34. The first-order valence-electron chi connectivity index (χ1n) is 12.1. The van der Waals surface area contributed by atoms with Crippen LogP contribution in [0.3, 0.4) is 0 Å². The number of hydrogen-bond donors (Lipinski definition) is 1. The molecule has 0 aromatic heterocycles. The van der Waals surface area contributed by atoms with Crippen LogP contribution >= 0.6 is 0 Å². The first-order valence-corrected chi connectivity index (χ1v) is 14.9. The first kappa shape index (κ1) is 27.9. The fraction of sp³-hybridized carbons (Fsp3) is 0.833. The molecule has 5 heteroatoms. The number of hydrogen-bond acceptors (Lipinski definition) is 3. The second-order valence-corrected chi connectivity index (χ2v) is 13.5. The highest BCUT2D eigenvalue weighted by molar-refractivity contribution is 6.79. The van der Waals surface area contributed by atoms with Crippen molar-refractivity contribution in [3.63, 3.8) is 0 Å². The molecule has 0 amide bonds. The average molecular weight is 427 g/mol. The molecule has 0 spiro atoms. The molecular formula is C24H46O4Si. The number of rotatable bonds is 20. The summed E-state index contributed by atoms with van der Waals surface area (Å²) in [5, 5.41) is 8.52. The van der Waals surface area contributed by atoms with Crippen LogP contribution in [-0.4, -0.2) is 31.7 Å². The number of esters is 1. The van der Waals surface area contributed by atoms with Gasteiger partial charge in [-0.1, -0.05) is 116 Å². The van der Waals surface area contributed by atoms with Crippen molar-refractivity contribution in [3.8, 4) is 0 Å². The van der Waals surface area contributed by atoms with Gasteiger partial charge in [-0.3, -0.25) is 0 Å². The summed E-state index contributed by atoms with van der Waals surface area (Å²) in [7, 11) is -1.20. The summed E-state index contributed by atoms with van der Waals surface area (Å²) in [4.78, 5) is 21.8. The van der Waals surface area contributed by atoms with Crippen LogP contribution in [0.1, 0.15) is 97.8 Å².